The molecule has 2 aliphatic rings. The Hall–Kier alpha value is -2.22. The van der Waals surface area contributed by atoms with Crippen LogP contribution in [0, 0.1) is 41.5 Å². The molecular weight excluding hydrogens is 340 g/mol. The molecule has 1 fully saturated rings. The molecule has 2 aromatic carbocycles. The molecule has 1 heterocycles. The van der Waals surface area contributed by atoms with Crippen LogP contribution >= 0.6 is 0 Å². The van der Waals surface area contributed by atoms with E-state index >= 15 is 0 Å². The number of benzene rings is 2. The summed E-state index contributed by atoms with van der Waals surface area (Å²) in [4.78, 5) is 0. The third kappa shape index (κ3) is 2.94. The van der Waals surface area contributed by atoms with E-state index < -0.39 is 0 Å². The molecule has 2 heteroatoms. The van der Waals surface area contributed by atoms with E-state index in [9.17, 15) is 0 Å². The predicted octanol–water partition coefficient (Wildman–Crippen LogP) is 6.34. The van der Waals surface area contributed by atoms with Crippen molar-refractivity contribution in [2.45, 2.75) is 80.3 Å². The van der Waals surface area contributed by atoms with E-state index in [1.807, 2.05) is 0 Å². The van der Waals surface area contributed by atoms with Gasteiger partial charge in [0.15, 0.2) is 0 Å². The van der Waals surface area contributed by atoms with Gasteiger partial charge in [0, 0.05) is 35.1 Å². The SMILES string of the molecule is Cc1cc(C)c([N+]2=C3CCCCC3=[N+](c3c(C)cc(C)cc3C)C2C)c(C)c1. The summed E-state index contributed by atoms with van der Waals surface area (Å²) in [5.74, 6) is 0. The normalized spacial score (nSPS) is 17.5. The Labute approximate surface area is 170 Å². The van der Waals surface area contributed by atoms with Crippen molar-refractivity contribution in [3.05, 3.63) is 57.6 Å². The summed E-state index contributed by atoms with van der Waals surface area (Å²) in [6.45, 7) is 15.9. The first-order valence-electron chi connectivity index (χ1n) is 10.8. The fourth-order valence-electron chi connectivity index (χ4n) is 5.71. The van der Waals surface area contributed by atoms with Gasteiger partial charge in [0.25, 0.3) is 11.4 Å². The highest BCUT2D eigenvalue weighted by Crippen LogP contribution is 2.36. The van der Waals surface area contributed by atoms with E-state index in [1.165, 1.54) is 70.4 Å². The van der Waals surface area contributed by atoms with E-state index in [0.29, 0.717) is 6.17 Å². The second kappa shape index (κ2) is 6.99. The Bertz CT molecular complexity index is 907. The maximum atomic E-state index is 2.65. The number of rotatable bonds is 2. The van der Waals surface area contributed by atoms with Crippen LogP contribution in [0.4, 0.5) is 11.4 Å². The number of fused-ring (bicyclic) bond motifs is 1. The molecule has 0 aromatic heterocycles. The topological polar surface area (TPSA) is 6.02 Å². The van der Waals surface area contributed by atoms with Gasteiger partial charge >= 0.3 is 6.17 Å². The van der Waals surface area contributed by atoms with Crippen LogP contribution in [0.2, 0.25) is 0 Å². The maximum absolute atomic E-state index is 2.65. The van der Waals surface area contributed by atoms with Gasteiger partial charge in [-0.1, -0.05) is 11.1 Å². The minimum Gasteiger partial charge on any atom is -0.128 e. The summed E-state index contributed by atoms with van der Waals surface area (Å²) in [7, 11) is 0. The zero-order valence-corrected chi connectivity index (χ0v) is 18.6. The lowest BCUT2D eigenvalue weighted by atomic mass is 9.95. The molecule has 2 aromatic rings. The van der Waals surface area contributed by atoms with E-state index in [1.54, 1.807) is 11.4 Å². The molecule has 1 aliphatic carbocycles. The van der Waals surface area contributed by atoms with Gasteiger partial charge < -0.3 is 0 Å². The van der Waals surface area contributed by atoms with Crippen molar-refractivity contribution in [1.29, 1.82) is 0 Å². The first kappa shape index (κ1) is 19.1. The lowest BCUT2D eigenvalue weighted by molar-refractivity contribution is -0.688. The third-order valence-corrected chi connectivity index (χ3v) is 6.49. The fourth-order valence-corrected chi connectivity index (χ4v) is 5.71. The zero-order valence-electron chi connectivity index (χ0n) is 18.6. The Balaban J connectivity index is 1.95. The molecule has 28 heavy (non-hydrogen) atoms. The van der Waals surface area contributed by atoms with E-state index in [-0.39, 0.29) is 0 Å². The highest BCUT2D eigenvalue weighted by atomic mass is 15.3. The standard InChI is InChI=1S/C26H34N2/c1-16-12-18(3)25(19(4)13-16)27-22(7)28(24-11-9-8-10-23(24)27)26-20(5)14-17(2)15-21(26)6/h12-15,22H,8-11H2,1-7H3/q+2. The predicted molar refractivity (Wildman–Crippen MR) is 119 cm³/mol. The lowest BCUT2D eigenvalue weighted by Gasteiger charge is -2.13. The molecule has 0 atom stereocenters. The van der Waals surface area contributed by atoms with Gasteiger partial charge in [0.1, 0.15) is 0 Å². The second-order valence-corrected chi connectivity index (χ2v) is 8.97. The minimum atomic E-state index is 0.309. The van der Waals surface area contributed by atoms with Crippen LogP contribution in [0.25, 0.3) is 0 Å². The van der Waals surface area contributed by atoms with Gasteiger partial charge in [-0.05, 0) is 78.6 Å². The zero-order chi connectivity index (χ0) is 20.2. The number of hydrogen-bond donors (Lipinski definition) is 0. The molecule has 146 valence electrons. The molecule has 2 nitrogen and oxygen atoms in total. The molecular formula is C26H34N2+2. The van der Waals surface area contributed by atoms with E-state index in [0.717, 1.165) is 0 Å². The summed E-state index contributed by atoms with van der Waals surface area (Å²) in [6, 6.07) is 9.35. The monoisotopic (exact) mass is 374 g/mol. The lowest BCUT2D eigenvalue weighted by Crippen LogP contribution is -2.27. The van der Waals surface area contributed by atoms with Crippen LogP contribution in [-0.2, 0) is 0 Å². The van der Waals surface area contributed by atoms with Gasteiger partial charge in [-0.25, -0.2) is 0 Å². The summed E-state index contributed by atoms with van der Waals surface area (Å²) in [5.41, 5.74) is 14.2. The van der Waals surface area contributed by atoms with Crippen molar-refractivity contribution in [2.24, 2.45) is 0 Å². The highest BCUT2D eigenvalue weighted by molar-refractivity contribution is 6.39. The van der Waals surface area contributed by atoms with Gasteiger partial charge in [-0.2, -0.15) is 0 Å². The van der Waals surface area contributed by atoms with Crippen LogP contribution in [-0.4, -0.2) is 26.7 Å². The molecule has 0 bridgehead atoms. The number of aryl methyl sites for hydroxylation is 6. The largest absolute Gasteiger partial charge is 0.351 e. The van der Waals surface area contributed by atoms with Crippen LogP contribution < -0.4 is 0 Å². The molecule has 0 N–H and O–H groups in total. The summed E-state index contributed by atoms with van der Waals surface area (Å²) >= 11 is 0. The van der Waals surface area contributed by atoms with Gasteiger partial charge in [-0.15, -0.1) is 9.15 Å². The van der Waals surface area contributed by atoms with Crippen molar-refractivity contribution < 1.29 is 9.15 Å². The van der Waals surface area contributed by atoms with Gasteiger partial charge in [-0.3, -0.25) is 0 Å². The first-order valence-corrected chi connectivity index (χ1v) is 10.8. The Kier molecular flexibility index (Phi) is 4.77. The molecule has 1 saturated carbocycles. The second-order valence-electron chi connectivity index (χ2n) is 8.97. The Morgan fingerprint density at radius 1 is 0.607 bits per heavy atom. The summed E-state index contributed by atoms with van der Waals surface area (Å²) in [6.07, 6.45) is 5.28. The van der Waals surface area contributed by atoms with Crippen molar-refractivity contribution in [1.82, 2.24) is 0 Å². The third-order valence-electron chi connectivity index (χ3n) is 6.49. The van der Waals surface area contributed by atoms with E-state index in [4.69, 9.17) is 0 Å². The van der Waals surface area contributed by atoms with Gasteiger partial charge in [0.2, 0.25) is 11.4 Å². The first-order chi connectivity index (χ1) is 13.3. The average Bonchev–Trinajstić information content (AvgIpc) is 2.87. The summed E-state index contributed by atoms with van der Waals surface area (Å²) < 4.78 is 5.30. The van der Waals surface area contributed by atoms with E-state index in [2.05, 4.69) is 81.9 Å². The average molecular weight is 375 g/mol. The smallest absolute Gasteiger partial charge is 0.128 e. The molecule has 0 spiro atoms. The number of nitrogens with zero attached hydrogens (tertiary/aromatic N) is 2. The highest BCUT2D eigenvalue weighted by Gasteiger charge is 2.49. The molecule has 4 rings (SSSR count). The molecule has 0 saturated heterocycles. The van der Waals surface area contributed by atoms with Crippen LogP contribution in [0.1, 0.15) is 66.0 Å². The molecule has 0 unspecified atom stereocenters. The Morgan fingerprint density at radius 2 is 0.929 bits per heavy atom. The molecule has 0 amide bonds. The van der Waals surface area contributed by atoms with Crippen LogP contribution in [0.3, 0.4) is 0 Å². The minimum absolute atomic E-state index is 0.309. The van der Waals surface area contributed by atoms with Crippen LogP contribution in [0.15, 0.2) is 24.3 Å². The van der Waals surface area contributed by atoms with Gasteiger partial charge in [0.05, 0.1) is 6.92 Å². The quantitative estimate of drug-likeness (QED) is 0.541. The molecule has 1 aliphatic heterocycles. The van der Waals surface area contributed by atoms with Crippen molar-refractivity contribution in [2.75, 3.05) is 0 Å². The van der Waals surface area contributed by atoms with Crippen molar-refractivity contribution >= 4 is 22.8 Å². The van der Waals surface area contributed by atoms with Crippen LogP contribution in [0.5, 0.6) is 0 Å². The van der Waals surface area contributed by atoms with Crippen molar-refractivity contribution in [3.63, 3.8) is 0 Å². The van der Waals surface area contributed by atoms with Crippen molar-refractivity contribution in [3.8, 4) is 0 Å². The molecule has 0 radical (unpaired) electrons. The Morgan fingerprint density at radius 3 is 1.25 bits per heavy atom. The fraction of sp³-hybridized carbons (Fsp3) is 0.462. The number of hydrogen-bond acceptors (Lipinski definition) is 0. The maximum Gasteiger partial charge on any atom is 0.351 e. The summed E-state index contributed by atoms with van der Waals surface area (Å²) in [5, 5.41) is 0.